The minimum atomic E-state index is 0.498. The van der Waals surface area contributed by atoms with E-state index in [4.69, 9.17) is 0 Å². The van der Waals surface area contributed by atoms with Gasteiger partial charge in [0, 0.05) is 0 Å². The predicted octanol–water partition coefficient (Wildman–Crippen LogP) is 6.39. The molecule has 0 aromatic carbocycles. The van der Waals surface area contributed by atoms with Gasteiger partial charge in [0.15, 0.2) is 0 Å². The molecule has 0 radical (unpaired) electrons. The average molecular weight is 274 g/mol. The van der Waals surface area contributed by atoms with Crippen LogP contribution in [0.4, 0.5) is 0 Å². The maximum Gasteiger partial charge on any atom is -0.0149 e. The predicted molar refractivity (Wildman–Crippen MR) is 89.7 cm³/mol. The van der Waals surface area contributed by atoms with Gasteiger partial charge in [-0.1, -0.05) is 52.3 Å². The molecule has 2 saturated carbocycles. The number of allylic oxidation sites excluding steroid dienone is 2. The van der Waals surface area contributed by atoms with Gasteiger partial charge in [0.1, 0.15) is 0 Å². The minimum Gasteiger partial charge on any atom is -0.103 e. The van der Waals surface area contributed by atoms with E-state index in [0.29, 0.717) is 16.7 Å². The van der Waals surface area contributed by atoms with Gasteiger partial charge in [0.05, 0.1) is 0 Å². The van der Waals surface area contributed by atoms with Gasteiger partial charge in [-0.25, -0.2) is 0 Å². The maximum atomic E-state index is 4.46. The van der Waals surface area contributed by atoms with Crippen LogP contribution in [0.1, 0.15) is 72.6 Å². The van der Waals surface area contributed by atoms with Crippen molar-refractivity contribution in [3.05, 3.63) is 24.8 Å². The van der Waals surface area contributed by atoms with E-state index in [9.17, 15) is 0 Å². The number of rotatable bonds is 4. The van der Waals surface area contributed by atoms with Crippen LogP contribution in [0.2, 0.25) is 0 Å². The molecule has 2 rings (SSSR count). The molecule has 0 nitrogen and oxygen atoms in total. The molecule has 2 aliphatic carbocycles. The molecule has 0 unspecified atom stereocenters. The summed E-state index contributed by atoms with van der Waals surface area (Å²) in [6, 6.07) is 0. The zero-order valence-electron chi connectivity index (χ0n) is 14.2. The summed E-state index contributed by atoms with van der Waals surface area (Å²) in [5.41, 5.74) is 2.56. The van der Waals surface area contributed by atoms with Gasteiger partial charge < -0.3 is 0 Å². The van der Waals surface area contributed by atoms with Crippen molar-refractivity contribution >= 4 is 0 Å². The quantitative estimate of drug-likeness (QED) is 0.521. The Balaban J connectivity index is 2.19. The Kier molecular flexibility index (Phi) is 4.52. The largest absolute Gasteiger partial charge is 0.103 e. The van der Waals surface area contributed by atoms with Crippen molar-refractivity contribution in [2.75, 3.05) is 0 Å². The van der Waals surface area contributed by atoms with E-state index in [2.05, 4.69) is 46.9 Å². The van der Waals surface area contributed by atoms with Crippen molar-refractivity contribution in [2.24, 2.45) is 28.6 Å². The van der Waals surface area contributed by atoms with Crippen LogP contribution in [-0.2, 0) is 0 Å². The topological polar surface area (TPSA) is 0 Å². The molecule has 4 atom stereocenters. The number of fused-ring (bicyclic) bond motifs is 1. The third kappa shape index (κ3) is 2.76. The van der Waals surface area contributed by atoms with Crippen LogP contribution >= 0.6 is 0 Å². The summed E-state index contributed by atoms with van der Waals surface area (Å²) >= 11 is 0. The maximum absolute atomic E-state index is 4.46. The van der Waals surface area contributed by atoms with E-state index in [0.717, 1.165) is 11.8 Å². The number of hydrogen-bond acceptors (Lipinski definition) is 0. The first-order valence-corrected chi connectivity index (χ1v) is 8.61. The molecule has 20 heavy (non-hydrogen) atoms. The van der Waals surface area contributed by atoms with Gasteiger partial charge in [0.25, 0.3) is 0 Å². The summed E-state index contributed by atoms with van der Waals surface area (Å²) in [4.78, 5) is 0. The van der Waals surface area contributed by atoms with Crippen molar-refractivity contribution in [2.45, 2.75) is 72.6 Å². The van der Waals surface area contributed by atoms with E-state index < -0.39 is 0 Å². The van der Waals surface area contributed by atoms with Crippen molar-refractivity contribution in [3.63, 3.8) is 0 Å². The molecule has 0 aromatic rings. The molecule has 2 fully saturated rings. The van der Waals surface area contributed by atoms with Crippen molar-refractivity contribution in [1.29, 1.82) is 0 Å². The Morgan fingerprint density at radius 1 is 1.30 bits per heavy atom. The van der Waals surface area contributed by atoms with Crippen LogP contribution < -0.4 is 0 Å². The second kappa shape index (κ2) is 5.70. The fourth-order valence-corrected chi connectivity index (χ4v) is 5.36. The van der Waals surface area contributed by atoms with Gasteiger partial charge in [-0.15, -0.1) is 6.58 Å². The molecule has 0 amide bonds. The monoisotopic (exact) mass is 274 g/mol. The summed E-state index contributed by atoms with van der Waals surface area (Å²) < 4.78 is 0. The zero-order valence-corrected chi connectivity index (χ0v) is 14.2. The highest BCUT2D eigenvalue weighted by atomic mass is 14.6. The molecular formula is C20H34. The summed E-state index contributed by atoms with van der Waals surface area (Å²) in [5, 5.41) is 0. The minimum absolute atomic E-state index is 0.498. The molecule has 0 heteroatoms. The molecule has 114 valence electrons. The molecule has 0 saturated heterocycles. The standard InChI is InChI=1S/C20H34/c1-7-15(2)9-11-17-16(3)10-12-18-19(4,5)13-8-14-20(17,18)6/h7,15,17-18H,1,3,8-14H2,2,4-6H3/t15-,17+,18+,20-/m1/s1. The van der Waals surface area contributed by atoms with Gasteiger partial charge in [-0.05, 0) is 67.1 Å². The third-order valence-electron chi connectivity index (χ3n) is 6.63. The highest BCUT2D eigenvalue weighted by Gasteiger charge is 2.52. The van der Waals surface area contributed by atoms with E-state index in [1.165, 1.54) is 50.5 Å². The van der Waals surface area contributed by atoms with Crippen LogP contribution in [0.3, 0.4) is 0 Å². The average Bonchev–Trinajstić information content (AvgIpc) is 2.36. The molecule has 0 spiro atoms. The molecule has 0 bridgehead atoms. The lowest BCUT2D eigenvalue weighted by Gasteiger charge is -2.58. The van der Waals surface area contributed by atoms with Crippen molar-refractivity contribution in [1.82, 2.24) is 0 Å². The van der Waals surface area contributed by atoms with Crippen LogP contribution in [0.5, 0.6) is 0 Å². The van der Waals surface area contributed by atoms with E-state index in [1.54, 1.807) is 0 Å². The lowest BCUT2D eigenvalue weighted by atomic mass is 9.47. The molecule has 0 N–H and O–H groups in total. The Labute approximate surface area is 126 Å². The summed E-state index contributed by atoms with van der Waals surface area (Å²) in [5.74, 6) is 2.27. The number of hydrogen-bond donors (Lipinski definition) is 0. The van der Waals surface area contributed by atoms with Gasteiger partial charge in [-0.2, -0.15) is 0 Å². The second-order valence-corrected chi connectivity index (χ2v) is 8.44. The molecule has 0 heterocycles. The van der Waals surface area contributed by atoms with Crippen LogP contribution in [0.15, 0.2) is 24.8 Å². The Bertz CT molecular complexity index is 375. The van der Waals surface area contributed by atoms with E-state index in [1.807, 2.05) is 0 Å². The summed E-state index contributed by atoms with van der Waals surface area (Å²) in [6.45, 7) is 18.3. The fraction of sp³-hybridized carbons (Fsp3) is 0.800. The van der Waals surface area contributed by atoms with Crippen molar-refractivity contribution < 1.29 is 0 Å². The van der Waals surface area contributed by atoms with Crippen LogP contribution in [-0.4, -0.2) is 0 Å². The summed E-state index contributed by atoms with van der Waals surface area (Å²) in [6.07, 6.45) is 11.6. The second-order valence-electron chi connectivity index (χ2n) is 8.44. The third-order valence-corrected chi connectivity index (χ3v) is 6.63. The molecule has 0 aliphatic heterocycles. The highest BCUT2D eigenvalue weighted by molar-refractivity contribution is 5.15. The first-order valence-electron chi connectivity index (χ1n) is 8.61. The lowest BCUT2D eigenvalue weighted by Crippen LogP contribution is -2.49. The first-order chi connectivity index (χ1) is 9.31. The Morgan fingerprint density at radius 2 is 2.00 bits per heavy atom. The summed E-state index contributed by atoms with van der Waals surface area (Å²) in [7, 11) is 0. The Hall–Kier alpha value is -0.520. The van der Waals surface area contributed by atoms with E-state index >= 15 is 0 Å². The highest BCUT2D eigenvalue weighted by Crippen LogP contribution is 2.61. The SMILES string of the molecule is C=C[C@@H](C)CC[C@H]1C(=C)CC[C@H]2C(C)(C)CCC[C@]12C. The fourth-order valence-electron chi connectivity index (χ4n) is 5.36. The molecular weight excluding hydrogens is 240 g/mol. The van der Waals surface area contributed by atoms with Gasteiger partial charge in [0.2, 0.25) is 0 Å². The Morgan fingerprint density at radius 3 is 2.65 bits per heavy atom. The van der Waals surface area contributed by atoms with Crippen molar-refractivity contribution in [3.8, 4) is 0 Å². The zero-order chi connectivity index (χ0) is 15.0. The normalized spacial score (nSPS) is 38.1. The van der Waals surface area contributed by atoms with E-state index in [-0.39, 0.29) is 0 Å². The first kappa shape index (κ1) is 15.9. The van der Waals surface area contributed by atoms with Gasteiger partial charge in [-0.3, -0.25) is 0 Å². The van der Waals surface area contributed by atoms with Crippen LogP contribution in [0.25, 0.3) is 0 Å². The van der Waals surface area contributed by atoms with Crippen LogP contribution in [0, 0.1) is 28.6 Å². The molecule has 0 aromatic heterocycles. The lowest BCUT2D eigenvalue weighted by molar-refractivity contribution is -0.0549. The van der Waals surface area contributed by atoms with Gasteiger partial charge >= 0.3 is 0 Å². The smallest absolute Gasteiger partial charge is 0.0149 e. The molecule has 2 aliphatic rings.